The number of hydrogen-bond acceptors (Lipinski definition) is 6. The van der Waals surface area contributed by atoms with Gasteiger partial charge in [0.15, 0.2) is 0 Å². The average Bonchev–Trinajstić information content (AvgIpc) is 3.20. The molecule has 2 rings (SSSR count). The van der Waals surface area contributed by atoms with Gasteiger partial charge in [-0.05, 0) is 34.8 Å². The maximum Gasteiger partial charge on any atom is 0.341 e. The number of thiophene rings is 1. The summed E-state index contributed by atoms with van der Waals surface area (Å²) < 4.78 is 7.71. The van der Waals surface area contributed by atoms with Crippen LogP contribution in [-0.2, 0) is 16.1 Å². The Hall–Kier alpha value is -2.20. The summed E-state index contributed by atoms with van der Waals surface area (Å²) in [6.07, 6.45) is 4.26. The monoisotopic (exact) mass is 470 g/mol. The minimum atomic E-state index is -0.542. The fourth-order valence-corrected chi connectivity index (χ4v) is 3.95. The van der Waals surface area contributed by atoms with Crippen LogP contribution in [0, 0.1) is 6.92 Å². The largest absolute Gasteiger partial charge is 0.462 e. The summed E-state index contributed by atoms with van der Waals surface area (Å²) in [4.78, 5) is 39.2. The van der Waals surface area contributed by atoms with Crippen molar-refractivity contribution < 1.29 is 19.1 Å². The highest BCUT2D eigenvalue weighted by atomic mass is 79.9. The molecule has 2 heterocycles. The van der Waals surface area contributed by atoms with Gasteiger partial charge in [0.25, 0.3) is 5.91 Å². The van der Waals surface area contributed by atoms with Gasteiger partial charge in [0.1, 0.15) is 5.00 Å². The van der Waals surface area contributed by atoms with Crippen LogP contribution in [0.1, 0.15) is 45.4 Å². The van der Waals surface area contributed by atoms with Gasteiger partial charge in [0, 0.05) is 33.3 Å². The molecule has 0 radical (unpaired) electrons. The molecule has 28 heavy (non-hydrogen) atoms. The molecule has 0 aliphatic heterocycles. The van der Waals surface area contributed by atoms with E-state index in [4.69, 9.17) is 4.74 Å². The Balaban J connectivity index is 2.22. The van der Waals surface area contributed by atoms with E-state index in [-0.39, 0.29) is 30.4 Å². The normalized spacial score (nSPS) is 10.6. The molecule has 0 aromatic carbocycles. The average molecular weight is 471 g/mol. The van der Waals surface area contributed by atoms with Crippen molar-refractivity contribution in [2.75, 3.05) is 26.0 Å². The van der Waals surface area contributed by atoms with E-state index in [1.54, 1.807) is 38.1 Å². The van der Waals surface area contributed by atoms with Crippen LogP contribution in [0.25, 0.3) is 0 Å². The van der Waals surface area contributed by atoms with Crippen molar-refractivity contribution in [2.45, 2.75) is 33.2 Å². The van der Waals surface area contributed by atoms with E-state index >= 15 is 0 Å². The lowest BCUT2D eigenvalue weighted by Crippen LogP contribution is -2.21. The SMILES string of the molecule is CCCOC(=O)c1c(NC(=O)CCn2cc(Br)cn2)sc(C(=O)N(C)C)c1C. The summed E-state index contributed by atoms with van der Waals surface area (Å²) in [5.74, 6) is -1.05. The van der Waals surface area contributed by atoms with Crippen LogP contribution in [0.3, 0.4) is 0 Å². The predicted molar refractivity (Wildman–Crippen MR) is 111 cm³/mol. The number of carbonyl (C=O) groups is 3. The van der Waals surface area contributed by atoms with Gasteiger partial charge in [0.05, 0.1) is 27.7 Å². The Kier molecular flexibility index (Phi) is 7.76. The fourth-order valence-electron chi connectivity index (χ4n) is 2.39. The minimum Gasteiger partial charge on any atom is -0.462 e. The second-order valence-corrected chi connectivity index (χ2v) is 8.25. The molecule has 1 N–H and O–H groups in total. The van der Waals surface area contributed by atoms with Gasteiger partial charge in [-0.2, -0.15) is 5.10 Å². The number of nitrogens with one attached hydrogen (secondary N) is 1. The Morgan fingerprint density at radius 1 is 1.36 bits per heavy atom. The quantitative estimate of drug-likeness (QED) is 0.597. The van der Waals surface area contributed by atoms with E-state index in [1.807, 2.05) is 6.92 Å². The number of esters is 1. The molecule has 0 atom stereocenters. The predicted octanol–water partition coefficient (Wildman–Crippen LogP) is 3.31. The van der Waals surface area contributed by atoms with Gasteiger partial charge in [-0.25, -0.2) is 4.79 Å². The third-order valence-corrected chi connectivity index (χ3v) is 5.42. The van der Waals surface area contributed by atoms with Gasteiger partial charge >= 0.3 is 5.97 Å². The second-order valence-electron chi connectivity index (χ2n) is 6.32. The molecule has 0 spiro atoms. The number of aryl methyl sites for hydroxylation is 1. The fraction of sp³-hybridized carbons (Fsp3) is 0.444. The van der Waals surface area contributed by atoms with E-state index in [2.05, 4.69) is 26.3 Å². The number of hydrogen-bond donors (Lipinski definition) is 1. The van der Waals surface area contributed by atoms with Crippen LogP contribution >= 0.6 is 27.3 Å². The molecule has 0 aliphatic carbocycles. The molecular formula is C18H23BrN4O4S. The van der Waals surface area contributed by atoms with Crippen molar-refractivity contribution >= 4 is 50.1 Å². The van der Waals surface area contributed by atoms with Crippen LogP contribution in [-0.4, -0.2) is 53.2 Å². The summed E-state index contributed by atoms with van der Waals surface area (Å²) in [5, 5.41) is 7.19. The number of ether oxygens (including phenoxy) is 1. The van der Waals surface area contributed by atoms with Gasteiger partial charge in [-0.15, -0.1) is 11.3 Å². The molecule has 8 nitrogen and oxygen atoms in total. The number of carbonyl (C=O) groups excluding carboxylic acids is 3. The van der Waals surface area contributed by atoms with E-state index in [9.17, 15) is 14.4 Å². The summed E-state index contributed by atoms with van der Waals surface area (Å²) in [7, 11) is 3.27. The molecule has 0 fully saturated rings. The molecule has 152 valence electrons. The zero-order chi connectivity index (χ0) is 20.8. The number of anilines is 1. The maximum absolute atomic E-state index is 12.5. The van der Waals surface area contributed by atoms with E-state index in [1.165, 1.54) is 4.90 Å². The summed E-state index contributed by atoms with van der Waals surface area (Å²) in [6, 6.07) is 0. The number of amides is 2. The van der Waals surface area contributed by atoms with Crippen LogP contribution in [0.2, 0.25) is 0 Å². The van der Waals surface area contributed by atoms with Gasteiger partial charge < -0.3 is 15.0 Å². The molecule has 2 aromatic rings. The first-order chi connectivity index (χ1) is 13.2. The van der Waals surface area contributed by atoms with E-state index in [0.717, 1.165) is 15.8 Å². The highest BCUT2D eigenvalue weighted by molar-refractivity contribution is 9.10. The van der Waals surface area contributed by atoms with Crippen molar-refractivity contribution in [1.82, 2.24) is 14.7 Å². The van der Waals surface area contributed by atoms with Crippen LogP contribution in [0.15, 0.2) is 16.9 Å². The van der Waals surface area contributed by atoms with Crippen molar-refractivity contribution in [1.29, 1.82) is 0 Å². The van der Waals surface area contributed by atoms with E-state index < -0.39 is 5.97 Å². The van der Waals surface area contributed by atoms with Crippen molar-refractivity contribution in [3.05, 3.63) is 32.9 Å². The molecule has 0 unspecified atom stereocenters. The molecule has 2 amide bonds. The number of halogens is 1. The molecular weight excluding hydrogens is 448 g/mol. The Morgan fingerprint density at radius 3 is 2.64 bits per heavy atom. The summed E-state index contributed by atoms with van der Waals surface area (Å²) in [6.45, 7) is 4.24. The third kappa shape index (κ3) is 5.41. The molecule has 0 saturated carbocycles. The summed E-state index contributed by atoms with van der Waals surface area (Å²) in [5.41, 5.74) is 0.745. The lowest BCUT2D eigenvalue weighted by atomic mass is 10.1. The molecule has 10 heteroatoms. The van der Waals surface area contributed by atoms with Gasteiger partial charge in [-0.3, -0.25) is 14.3 Å². The molecule has 0 saturated heterocycles. The Labute approximate surface area is 176 Å². The smallest absolute Gasteiger partial charge is 0.341 e. The van der Waals surface area contributed by atoms with E-state index in [0.29, 0.717) is 28.4 Å². The number of nitrogens with zero attached hydrogens (tertiary/aromatic N) is 3. The Morgan fingerprint density at radius 2 is 2.07 bits per heavy atom. The topological polar surface area (TPSA) is 93.5 Å². The lowest BCUT2D eigenvalue weighted by Gasteiger charge is -2.09. The second kappa shape index (κ2) is 9.83. The minimum absolute atomic E-state index is 0.172. The molecule has 0 bridgehead atoms. The highest BCUT2D eigenvalue weighted by Gasteiger charge is 2.27. The Bertz CT molecular complexity index is 875. The van der Waals surface area contributed by atoms with Crippen LogP contribution in [0.5, 0.6) is 0 Å². The molecule has 0 aliphatic rings. The first-order valence-corrected chi connectivity index (χ1v) is 10.4. The van der Waals surface area contributed by atoms with Crippen LogP contribution in [0.4, 0.5) is 5.00 Å². The zero-order valence-corrected chi connectivity index (χ0v) is 18.6. The number of rotatable bonds is 8. The van der Waals surface area contributed by atoms with Gasteiger partial charge in [-0.1, -0.05) is 6.92 Å². The molecule has 2 aromatic heterocycles. The lowest BCUT2D eigenvalue weighted by molar-refractivity contribution is -0.116. The third-order valence-electron chi connectivity index (χ3n) is 3.81. The summed E-state index contributed by atoms with van der Waals surface area (Å²) >= 11 is 4.39. The first kappa shape index (κ1) is 22.1. The van der Waals surface area contributed by atoms with Crippen molar-refractivity contribution in [3.63, 3.8) is 0 Å². The van der Waals surface area contributed by atoms with Crippen molar-refractivity contribution in [3.8, 4) is 0 Å². The first-order valence-electron chi connectivity index (χ1n) is 8.74. The van der Waals surface area contributed by atoms with Crippen LogP contribution < -0.4 is 5.32 Å². The zero-order valence-electron chi connectivity index (χ0n) is 16.2. The van der Waals surface area contributed by atoms with Crippen molar-refractivity contribution in [2.24, 2.45) is 0 Å². The standard InChI is InChI=1S/C18H23BrN4O4S/c1-5-8-27-18(26)14-11(2)15(17(25)22(3)4)28-16(14)21-13(24)6-7-23-10-12(19)9-20-23/h9-10H,5-8H2,1-4H3,(H,21,24). The van der Waals surface area contributed by atoms with Gasteiger partial charge in [0.2, 0.25) is 5.91 Å². The highest BCUT2D eigenvalue weighted by Crippen LogP contribution is 2.34. The number of aromatic nitrogens is 2. The maximum atomic E-state index is 12.5.